The molecule has 1 unspecified atom stereocenters. The number of anilines is 5. The van der Waals surface area contributed by atoms with Gasteiger partial charge in [-0.2, -0.15) is 8.42 Å². The van der Waals surface area contributed by atoms with Crippen LogP contribution in [0.2, 0.25) is 0 Å². The van der Waals surface area contributed by atoms with E-state index >= 15 is 0 Å². The Hall–Kier alpha value is -6.15. The number of hydrogen-bond donors (Lipinski definition) is 2. The van der Waals surface area contributed by atoms with E-state index in [1.807, 2.05) is 19.1 Å². The molecule has 1 atom stereocenters. The predicted molar refractivity (Wildman–Crippen MR) is 231 cm³/mol. The third-order valence-electron chi connectivity index (χ3n) is 10.8. The summed E-state index contributed by atoms with van der Waals surface area (Å²) in [5.41, 5.74) is 9.61. The Labute approximate surface area is 323 Å². The topological polar surface area (TPSA) is 72.9 Å². The molecule has 0 bridgehead atoms. The molecule has 0 heterocycles. The van der Waals surface area contributed by atoms with Gasteiger partial charge in [0.1, 0.15) is 0 Å². The summed E-state index contributed by atoms with van der Waals surface area (Å²) < 4.78 is 34.6. The third-order valence-corrected chi connectivity index (χ3v) is 11.7. The average Bonchev–Trinajstić information content (AvgIpc) is 3.21. The second-order valence-electron chi connectivity index (χ2n) is 14.1. The van der Waals surface area contributed by atoms with Crippen LogP contribution in [0.5, 0.6) is 0 Å². The summed E-state index contributed by atoms with van der Waals surface area (Å²) in [7, 11) is -0.196. The van der Waals surface area contributed by atoms with Crippen molar-refractivity contribution in [2.24, 2.45) is 0 Å². The number of nitrogens with one attached hydrogen (secondary N) is 1. The quantitative estimate of drug-likeness (QED) is 0.107. The van der Waals surface area contributed by atoms with Crippen molar-refractivity contribution in [3.63, 3.8) is 0 Å². The summed E-state index contributed by atoms with van der Waals surface area (Å²) in [6.45, 7) is 4.83. The standard InChI is InChI=1S/C48H43N3O3S/c1-5-49-45-29-28-43(42-27-25-38(31-44(42)45)55(52,53)54)48(35-20-22-36(23-21-35)50(3)46-18-10-14-33-12-6-8-16-40(33)46)39-26-24-37(30-32(39)2)51(4)47-19-11-15-34-13-7-9-17-41(34)47/h6-31,48-49H,5H2,1-4H3,(H,52,53,54). The monoisotopic (exact) mass is 741 g/mol. The summed E-state index contributed by atoms with van der Waals surface area (Å²) in [6.07, 6.45) is 0. The highest BCUT2D eigenvalue weighted by molar-refractivity contribution is 7.85. The van der Waals surface area contributed by atoms with E-state index < -0.39 is 10.1 Å². The second-order valence-corrected chi connectivity index (χ2v) is 15.5. The lowest BCUT2D eigenvalue weighted by Crippen LogP contribution is -2.13. The number of aryl methyl sites for hydroxylation is 1. The van der Waals surface area contributed by atoms with Crippen molar-refractivity contribution in [3.8, 4) is 0 Å². The Kier molecular flexibility index (Phi) is 9.51. The molecule has 0 aliphatic carbocycles. The molecule has 6 nitrogen and oxygen atoms in total. The maximum atomic E-state index is 12.3. The third kappa shape index (κ3) is 6.78. The SMILES string of the molecule is CCNc1ccc(C(c2ccc(N(C)c3cccc4ccccc34)cc2)c2ccc(N(C)c3cccc4ccccc34)cc2C)c2ccc(S(=O)(=O)O)cc12. The zero-order chi connectivity index (χ0) is 38.3. The van der Waals surface area contributed by atoms with E-state index in [1.54, 1.807) is 6.07 Å². The second kappa shape index (κ2) is 14.6. The number of rotatable bonds is 10. The van der Waals surface area contributed by atoms with Gasteiger partial charge in [-0.1, -0.05) is 103 Å². The lowest BCUT2D eigenvalue weighted by molar-refractivity contribution is 0.483. The fraction of sp³-hybridized carbons (Fsp3) is 0.125. The van der Waals surface area contributed by atoms with Gasteiger partial charge >= 0.3 is 0 Å². The van der Waals surface area contributed by atoms with E-state index in [0.717, 1.165) is 61.5 Å². The van der Waals surface area contributed by atoms with Crippen molar-refractivity contribution in [1.29, 1.82) is 0 Å². The normalized spacial score (nSPS) is 12.2. The van der Waals surface area contributed by atoms with Gasteiger partial charge in [0.25, 0.3) is 10.1 Å². The Bertz CT molecular complexity index is 2810. The zero-order valence-electron chi connectivity index (χ0n) is 31.4. The van der Waals surface area contributed by atoms with Crippen molar-refractivity contribution in [2.75, 3.05) is 35.8 Å². The van der Waals surface area contributed by atoms with Crippen molar-refractivity contribution in [1.82, 2.24) is 0 Å². The van der Waals surface area contributed by atoms with E-state index in [0.29, 0.717) is 6.54 Å². The lowest BCUT2D eigenvalue weighted by atomic mass is 9.80. The van der Waals surface area contributed by atoms with Gasteiger partial charge in [-0.15, -0.1) is 0 Å². The van der Waals surface area contributed by atoms with Crippen LogP contribution in [0.4, 0.5) is 28.4 Å². The first-order valence-corrected chi connectivity index (χ1v) is 20.0. The fourth-order valence-electron chi connectivity index (χ4n) is 8.00. The number of fused-ring (bicyclic) bond motifs is 3. The summed E-state index contributed by atoms with van der Waals surface area (Å²) in [5, 5.41) is 9.80. The van der Waals surface area contributed by atoms with Crippen LogP contribution < -0.4 is 15.1 Å². The Morgan fingerprint density at radius 3 is 1.75 bits per heavy atom. The number of hydrogen-bond acceptors (Lipinski definition) is 5. The average molecular weight is 742 g/mol. The maximum Gasteiger partial charge on any atom is 0.294 e. The largest absolute Gasteiger partial charge is 0.385 e. The van der Waals surface area contributed by atoms with E-state index in [2.05, 4.69) is 170 Å². The van der Waals surface area contributed by atoms with Gasteiger partial charge in [0, 0.05) is 71.2 Å². The molecule has 0 saturated carbocycles. The van der Waals surface area contributed by atoms with Crippen molar-refractivity contribution >= 4 is 70.9 Å². The highest BCUT2D eigenvalue weighted by Gasteiger charge is 2.24. The van der Waals surface area contributed by atoms with Crippen molar-refractivity contribution in [2.45, 2.75) is 24.7 Å². The first-order chi connectivity index (χ1) is 26.6. The molecule has 0 aromatic heterocycles. The van der Waals surface area contributed by atoms with Crippen molar-refractivity contribution in [3.05, 3.63) is 180 Å². The molecule has 0 radical (unpaired) electrons. The molecule has 0 amide bonds. The van der Waals surface area contributed by atoms with Crippen LogP contribution >= 0.6 is 0 Å². The van der Waals surface area contributed by atoms with Gasteiger partial charge in [0.15, 0.2) is 0 Å². The highest BCUT2D eigenvalue weighted by atomic mass is 32.2. The molecule has 8 aromatic rings. The van der Waals surface area contributed by atoms with Crippen LogP contribution in [0.1, 0.15) is 35.1 Å². The fourth-order valence-corrected chi connectivity index (χ4v) is 8.50. The molecule has 8 aromatic carbocycles. The smallest absolute Gasteiger partial charge is 0.294 e. The minimum atomic E-state index is -4.41. The minimum absolute atomic E-state index is 0.134. The summed E-state index contributed by atoms with van der Waals surface area (Å²) in [6, 6.07) is 54.1. The number of nitrogens with zero attached hydrogens (tertiary/aromatic N) is 2. The molecular formula is C48H43N3O3S. The van der Waals surface area contributed by atoms with Gasteiger partial charge < -0.3 is 15.1 Å². The van der Waals surface area contributed by atoms with Crippen LogP contribution in [0.15, 0.2) is 163 Å². The Balaban J connectivity index is 1.27. The van der Waals surface area contributed by atoms with E-state index in [-0.39, 0.29) is 10.8 Å². The predicted octanol–water partition coefficient (Wildman–Crippen LogP) is 11.8. The van der Waals surface area contributed by atoms with Crippen LogP contribution in [0.3, 0.4) is 0 Å². The summed E-state index contributed by atoms with van der Waals surface area (Å²) in [5.74, 6) is -0.191. The molecule has 0 spiro atoms. The van der Waals surface area contributed by atoms with E-state index in [9.17, 15) is 13.0 Å². The van der Waals surface area contributed by atoms with Crippen LogP contribution in [0, 0.1) is 6.92 Å². The molecule has 274 valence electrons. The first kappa shape index (κ1) is 35.9. The summed E-state index contributed by atoms with van der Waals surface area (Å²) in [4.78, 5) is 4.33. The molecule has 55 heavy (non-hydrogen) atoms. The summed E-state index contributed by atoms with van der Waals surface area (Å²) >= 11 is 0. The molecule has 2 N–H and O–H groups in total. The van der Waals surface area contributed by atoms with E-state index in [1.165, 1.54) is 27.6 Å². The Morgan fingerprint density at radius 2 is 1.15 bits per heavy atom. The van der Waals surface area contributed by atoms with Crippen LogP contribution in [-0.2, 0) is 10.1 Å². The zero-order valence-corrected chi connectivity index (χ0v) is 32.2. The minimum Gasteiger partial charge on any atom is -0.385 e. The van der Waals surface area contributed by atoms with Gasteiger partial charge in [0.2, 0.25) is 0 Å². The molecule has 7 heteroatoms. The molecular weight excluding hydrogens is 699 g/mol. The molecule has 0 aliphatic rings. The Morgan fingerprint density at radius 1 is 0.582 bits per heavy atom. The van der Waals surface area contributed by atoms with E-state index in [4.69, 9.17) is 0 Å². The number of benzene rings is 8. The maximum absolute atomic E-state index is 12.3. The van der Waals surface area contributed by atoms with Crippen molar-refractivity contribution < 1.29 is 13.0 Å². The molecule has 0 fully saturated rings. The van der Waals surface area contributed by atoms with Crippen LogP contribution in [-0.4, -0.2) is 33.6 Å². The lowest BCUT2D eigenvalue weighted by Gasteiger charge is -2.27. The van der Waals surface area contributed by atoms with Gasteiger partial charge in [-0.25, -0.2) is 0 Å². The first-order valence-electron chi connectivity index (χ1n) is 18.5. The van der Waals surface area contributed by atoms with Gasteiger partial charge in [0.05, 0.1) is 4.90 Å². The van der Waals surface area contributed by atoms with Gasteiger partial charge in [-0.3, -0.25) is 4.55 Å². The molecule has 0 aliphatic heterocycles. The highest BCUT2D eigenvalue weighted by Crippen LogP contribution is 2.43. The molecule has 8 rings (SSSR count). The molecule has 0 saturated heterocycles. The van der Waals surface area contributed by atoms with Crippen LogP contribution in [0.25, 0.3) is 32.3 Å². The van der Waals surface area contributed by atoms with Gasteiger partial charge in [-0.05, 0) is 107 Å².